The van der Waals surface area contributed by atoms with Gasteiger partial charge in [-0.15, -0.1) is 0 Å². The van der Waals surface area contributed by atoms with Gasteiger partial charge in [0.05, 0.1) is 22.0 Å². The first-order valence-electron chi connectivity index (χ1n) is 4.22. The number of nitrogens with zero attached hydrogens (tertiary/aromatic N) is 1. The zero-order chi connectivity index (χ0) is 13.2. The Kier molecular flexibility index (Phi) is 3.88. The molecular formula is C10H4BrF4NO. The van der Waals surface area contributed by atoms with E-state index in [2.05, 4.69) is 15.9 Å². The number of carbonyl (C=O) groups excluding carboxylic acids is 1. The lowest BCUT2D eigenvalue weighted by Gasteiger charge is -2.11. The van der Waals surface area contributed by atoms with E-state index in [1.54, 1.807) is 0 Å². The lowest BCUT2D eigenvalue weighted by atomic mass is 9.98. The van der Waals surface area contributed by atoms with E-state index in [4.69, 9.17) is 5.26 Å². The normalized spacial score (nSPS) is 11.1. The molecule has 90 valence electrons. The predicted molar refractivity (Wildman–Crippen MR) is 54.2 cm³/mol. The first-order valence-corrected chi connectivity index (χ1v) is 5.34. The summed E-state index contributed by atoms with van der Waals surface area (Å²) in [4.78, 5) is 11.3. The fourth-order valence-corrected chi connectivity index (χ4v) is 1.55. The van der Waals surface area contributed by atoms with E-state index in [1.165, 1.54) is 6.07 Å². The molecule has 0 bridgehead atoms. The Labute approximate surface area is 102 Å². The molecule has 0 heterocycles. The summed E-state index contributed by atoms with van der Waals surface area (Å²) in [5, 5.41) is 8.29. The van der Waals surface area contributed by atoms with E-state index in [9.17, 15) is 22.4 Å². The average Bonchev–Trinajstić information content (AvgIpc) is 2.25. The van der Waals surface area contributed by atoms with Gasteiger partial charge in [-0.05, 0) is 12.1 Å². The number of hydrogen-bond acceptors (Lipinski definition) is 2. The van der Waals surface area contributed by atoms with E-state index >= 15 is 0 Å². The molecule has 0 unspecified atom stereocenters. The highest BCUT2D eigenvalue weighted by Gasteiger charge is 2.36. The molecule has 0 fully saturated rings. The number of alkyl halides is 4. The summed E-state index contributed by atoms with van der Waals surface area (Å²) in [5.41, 5.74) is -3.13. The zero-order valence-electron chi connectivity index (χ0n) is 8.11. The Morgan fingerprint density at radius 3 is 2.41 bits per heavy atom. The summed E-state index contributed by atoms with van der Waals surface area (Å²) in [6.45, 7) is 0. The number of Topliss-reactive ketones (excluding diaryl/α,β-unsaturated/α-hetero) is 1. The highest BCUT2D eigenvalue weighted by Crippen LogP contribution is 2.34. The molecule has 1 aromatic carbocycles. The van der Waals surface area contributed by atoms with Crippen LogP contribution in [0.4, 0.5) is 17.6 Å². The molecule has 0 saturated heterocycles. The second-order valence-electron chi connectivity index (χ2n) is 3.01. The molecule has 0 saturated carbocycles. The van der Waals surface area contributed by atoms with Gasteiger partial charge in [0, 0.05) is 0 Å². The summed E-state index contributed by atoms with van der Waals surface area (Å²) in [6.07, 6.45) is -4.81. The summed E-state index contributed by atoms with van der Waals surface area (Å²) >= 11 is 2.72. The molecule has 0 amide bonds. The van der Waals surface area contributed by atoms with Crippen LogP contribution in [0.3, 0.4) is 0 Å². The Balaban J connectivity index is 3.61. The Bertz CT molecular complexity index is 504. The SMILES string of the molecule is N#Cc1c(C(F)(F)F)ccc(F)c1C(=O)CBr. The number of ketones is 1. The number of halogens is 5. The van der Waals surface area contributed by atoms with E-state index < -0.39 is 34.5 Å². The maximum Gasteiger partial charge on any atom is 0.417 e. The molecule has 0 N–H and O–H groups in total. The maximum atomic E-state index is 13.3. The van der Waals surface area contributed by atoms with Gasteiger partial charge in [0.25, 0.3) is 0 Å². The van der Waals surface area contributed by atoms with Crippen LogP contribution in [-0.4, -0.2) is 11.1 Å². The van der Waals surface area contributed by atoms with Crippen LogP contribution in [0.15, 0.2) is 12.1 Å². The first kappa shape index (κ1) is 13.6. The molecular weight excluding hydrogens is 306 g/mol. The number of rotatable bonds is 2. The zero-order valence-corrected chi connectivity index (χ0v) is 9.69. The molecule has 0 aliphatic carbocycles. The van der Waals surface area contributed by atoms with Gasteiger partial charge >= 0.3 is 6.18 Å². The van der Waals surface area contributed by atoms with Crippen molar-refractivity contribution in [2.75, 3.05) is 5.33 Å². The topological polar surface area (TPSA) is 40.9 Å². The third-order valence-electron chi connectivity index (χ3n) is 1.97. The molecule has 0 aliphatic heterocycles. The number of benzene rings is 1. The van der Waals surface area contributed by atoms with Crippen molar-refractivity contribution in [3.05, 3.63) is 34.6 Å². The maximum absolute atomic E-state index is 13.3. The standard InChI is InChI=1S/C10H4BrF4NO/c11-3-8(17)9-5(4-16)6(10(13,14)15)1-2-7(9)12/h1-2H,3H2. The average molecular weight is 310 g/mol. The van der Waals surface area contributed by atoms with Crippen LogP contribution in [0.25, 0.3) is 0 Å². The minimum absolute atomic E-state index is 0.361. The molecule has 2 nitrogen and oxygen atoms in total. The fourth-order valence-electron chi connectivity index (χ4n) is 1.27. The summed E-state index contributed by atoms with van der Waals surface area (Å²) in [6, 6.07) is 2.20. The second-order valence-corrected chi connectivity index (χ2v) is 3.57. The van der Waals surface area contributed by atoms with E-state index in [1.807, 2.05) is 0 Å². The molecule has 0 radical (unpaired) electrons. The molecule has 0 aromatic heterocycles. The van der Waals surface area contributed by atoms with Gasteiger partial charge in [-0.25, -0.2) is 4.39 Å². The highest BCUT2D eigenvalue weighted by molar-refractivity contribution is 9.09. The molecule has 0 atom stereocenters. The minimum atomic E-state index is -4.81. The quantitative estimate of drug-likeness (QED) is 0.478. The van der Waals surface area contributed by atoms with Crippen LogP contribution in [0.1, 0.15) is 21.5 Å². The largest absolute Gasteiger partial charge is 0.417 e. The molecule has 1 rings (SSSR count). The van der Waals surface area contributed by atoms with Gasteiger partial charge in [0.2, 0.25) is 0 Å². The van der Waals surface area contributed by atoms with Crippen molar-refractivity contribution >= 4 is 21.7 Å². The molecule has 0 spiro atoms. The lowest BCUT2D eigenvalue weighted by molar-refractivity contribution is -0.137. The van der Waals surface area contributed by atoms with Crippen LogP contribution < -0.4 is 0 Å². The van der Waals surface area contributed by atoms with Crippen molar-refractivity contribution < 1.29 is 22.4 Å². The van der Waals surface area contributed by atoms with Gasteiger partial charge in [-0.3, -0.25) is 4.79 Å². The van der Waals surface area contributed by atoms with Gasteiger partial charge in [-0.2, -0.15) is 18.4 Å². The Morgan fingerprint density at radius 1 is 1.41 bits per heavy atom. The summed E-state index contributed by atoms with van der Waals surface area (Å²) in [5.74, 6) is -2.05. The first-order chi connectivity index (χ1) is 7.82. The molecule has 0 aliphatic rings. The third-order valence-corrected chi connectivity index (χ3v) is 2.48. The molecule has 17 heavy (non-hydrogen) atoms. The van der Waals surface area contributed by atoms with Crippen molar-refractivity contribution in [3.8, 4) is 6.07 Å². The van der Waals surface area contributed by atoms with Crippen molar-refractivity contribution in [3.63, 3.8) is 0 Å². The van der Waals surface area contributed by atoms with Gasteiger partial charge < -0.3 is 0 Å². The van der Waals surface area contributed by atoms with Crippen molar-refractivity contribution in [1.29, 1.82) is 5.26 Å². The molecule has 1 aromatic rings. The van der Waals surface area contributed by atoms with Crippen LogP contribution in [0.5, 0.6) is 0 Å². The predicted octanol–water partition coefficient (Wildman–Crippen LogP) is 3.29. The number of hydrogen-bond donors (Lipinski definition) is 0. The smallest absolute Gasteiger partial charge is 0.293 e. The second kappa shape index (κ2) is 4.84. The van der Waals surface area contributed by atoms with Crippen LogP contribution in [0, 0.1) is 17.1 Å². The van der Waals surface area contributed by atoms with E-state index in [0.717, 1.165) is 0 Å². The molecule has 7 heteroatoms. The monoisotopic (exact) mass is 309 g/mol. The van der Waals surface area contributed by atoms with Crippen molar-refractivity contribution in [2.45, 2.75) is 6.18 Å². The number of nitriles is 1. The summed E-state index contributed by atoms with van der Waals surface area (Å²) in [7, 11) is 0. The lowest BCUT2D eigenvalue weighted by Crippen LogP contribution is -2.14. The Morgan fingerprint density at radius 2 is 2.00 bits per heavy atom. The van der Waals surface area contributed by atoms with Crippen molar-refractivity contribution in [1.82, 2.24) is 0 Å². The van der Waals surface area contributed by atoms with Crippen LogP contribution in [-0.2, 0) is 6.18 Å². The Hall–Kier alpha value is -1.42. The highest BCUT2D eigenvalue weighted by atomic mass is 79.9. The van der Waals surface area contributed by atoms with E-state index in [-0.39, 0.29) is 5.33 Å². The minimum Gasteiger partial charge on any atom is -0.293 e. The fraction of sp³-hybridized carbons (Fsp3) is 0.200. The van der Waals surface area contributed by atoms with E-state index in [0.29, 0.717) is 12.1 Å². The van der Waals surface area contributed by atoms with Crippen LogP contribution in [0.2, 0.25) is 0 Å². The van der Waals surface area contributed by atoms with Gasteiger partial charge in [-0.1, -0.05) is 15.9 Å². The third kappa shape index (κ3) is 2.64. The van der Waals surface area contributed by atoms with Gasteiger partial charge in [0.1, 0.15) is 11.9 Å². The number of carbonyl (C=O) groups is 1. The summed E-state index contributed by atoms with van der Waals surface area (Å²) < 4.78 is 50.8. The van der Waals surface area contributed by atoms with Gasteiger partial charge in [0.15, 0.2) is 5.78 Å². The van der Waals surface area contributed by atoms with Crippen molar-refractivity contribution in [2.24, 2.45) is 0 Å². The van der Waals surface area contributed by atoms with Crippen LogP contribution >= 0.6 is 15.9 Å².